The summed E-state index contributed by atoms with van der Waals surface area (Å²) in [5, 5.41) is 17.0. The molecule has 0 aliphatic carbocycles. The van der Waals surface area contributed by atoms with Crippen LogP contribution in [0.25, 0.3) is 0 Å². The zero-order valence-electron chi connectivity index (χ0n) is 10.3. The first-order valence-electron chi connectivity index (χ1n) is 5.26. The third kappa shape index (κ3) is 3.79. The van der Waals surface area contributed by atoms with E-state index in [-0.39, 0.29) is 17.1 Å². The summed E-state index contributed by atoms with van der Waals surface area (Å²) in [7, 11) is 0. The van der Waals surface area contributed by atoms with Crippen molar-refractivity contribution in [3.63, 3.8) is 0 Å². The van der Waals surface area contributed by atoms with Gasteiger partial charge in [-0.05, 0) is 22.6 Å². The molecule has 0 saturated carbocycles. The van der Waals surface area contributed by atoms with Gasteiger partial charge in [0.15, 0.2) is 0 Å². The first-order valence-corrected chi connectivity index (χ1v) is 5.26. The van der Waals surface area contributed by atoms with E-state index in [1.165, 1.54) is 6.21 Å². The molecule has 0 aliphatic rings. The largest absolute Gasteiger partial charge is 0.508 e. The van der Waals surface area contributed by atoms with Gasteiger partial charge in [0.25, 0.3) is 0 Å². The summed E-state index contributed by atoms with van der Waals surface area (Å²) in [6.07, 6.45) is 1.48. The normalized spacial score (nSPS) is 11.7. The van der Waals surface area contributed by atoms with Crippen molar-refractivity contribution in [1.82, 2.24) is 0 Å². The number of guanidine groups is 1. The zero-order chi connectivity index (χ0) is 13.1. The maximum atomic E-state index is 9.89. The lowest BCUT2D eigenvalue weighted by atomic mass is 9.86. The van der Waals surface area contributed by atoms with Crippen LogP contribution in [0.2, 0.25) is 0 Å². The molecule has 0 saturated heterocycles. The molecular formula is C12H18N4O. The Morgan fingerprint density at radius 1 is 1.29 bits per heavy atom. The number of nitrogens with zero attached hydrogens (tertiary/aromatic N) is 2. The molecule has 0 unspecified atom stereocenters. The molecule has 1 aromatic rings. The molecule has 92 valence electrons. The van der Waals surface area contributed by atoms with Crippen molar-refractivity contribution in [1.29, 1.82) is 0 Å². The van der Waals surface area contributed by atoms with Crippen molar-refractivity contribution in [2.45, 2.75) is 26.2 Å². The smallest absolute Gasteiger partial charge is 0.211 e. The molecule has 0 atom stereocenters. The highest BCUT2D eigenvalue weighted by Crippen LogP contribution is 2.30. The quantitative estimate of drug-likeness (QED) is 0.408. The monoisotopic (exact) mass is 234 g/mol. The van der Waals surface area contributed by atoms with E-state index in [4.69, 9.17) is 11.5 Å². The van der Waals surface area contributed by atoms with Crippen molar-refractivity contribution in [2.24, 2.45) is 21.7 Å². The second kappa shape index (κ2) is 4.86. The molecule has 0 bridgehead atoms. The van der Waals surface area contributed by atoms with Crippen molar-refractivity contribution >= 4 is 12.2 Å². The van der Waals surface area contributed by atoms with Gasteiger partial charge >= 0.3 is 0 Å². The van der Waals surface area contributed by atoms with Crippen molar-refractivity contribution in [3.8, 4) is 5.75 Å². The third-order valence-electron chi connectivity index (χ3n) is 2.21. The van der Waals surface area contributed by atoms with Crippen LogP contribution in [-0.2, 0) is 5.41 Å². The lowest BCUT2D eigenvalue weighted by Crippen LogP contribution is -2.21. The van der Waals surface area contributed by atoms with Gasteiger partial charge in [0.05, 0.1) is 6.21 Å². The summed E-state index contributed by atoms with van der Waals surface area (Å²) in [6.45, 7) is 6.11. The number of aromatic hydroxyl groups is 1. The van der Waals surface area contributed by atoms with E-state index >= 15 is 0 Å². The molecule has 0 aromatic heterocycles. The molecule has 0 fully saturated rings. The van der Waals surface area contributed by atoms with Gasteiger partial charge in [-0.1, -0.05) is 32.9 Å². The Morgan fingerprint density at radius 2 is 1.94 bits per heavy atom. The number of phenolic OH excluding ortho intramolecular Hbond substituents is 1. The van der Waals surface area contributed by atoms with Crippen LogP contribution in [0.4, 0.5) is 0 Å². The summed E-state index contributed by atoms with van der Waals surface area (Å²) in [4.78, 5) is 0. The molecule has 1 rings (SSSR count). The molecule has 17 heavy (non-hydrogen) atoms. The van der Waals surface area contributed by atoms with Gasteiger partial charge in [0, 0.05) is 0 Å². The molecule has 5 nitrogen and oxygen atoms in total. The maximum Gasteiger partial charge on any atom is 0.211 e. The van der Waals surface area contributed by atoms with Crippen LogP contribution in [0, 0.1) is 0 Å². The maximum absolute atomic E-state index is 9.89. The van der Waals surface area contributed by atoms with E-state index in [1.54, 1.807) is 6.07 Å². The van der Waals surface area contributed by atoms with E-state index in [0.717, 1.165) is 11.1 Å². The highest BCUT2D eigenvalue weighted by Gasteiger charge is 2.17. The fourth-order valence-electron chi connectivity index (χ4n) is 1.43. The summed E-state index contributed by atoms with van der Waals surface area (Å²) < 4.78 is 0. The van der Waals surface area contributed by atoms with Crippen LogP contribution in [0.1, 0.15) is 31.9 Å². The number of nitrogens with two attached hydrogens (primary N) is 2. The second-order valence-electron chi connectivity index (χ2n) is 4.80. The minimum atomic E-state index is -0.100. The summed E-state index contributed by atoms with van der Waals surface area (Å²) in [6, 6.07) is 5.35. The van der Waals surface area contributed by atoms with Gasteiger partial charge < -0.3 is 16.6 Å². The highest BCUT2D eigenvalue weighted by molar-refractivity contribution is 5.82. The van der Waals surface area contributed by atoms with Gasteiger partial charge in [0.2, 0.25) is 5.96 Å². The van der Waals surface area contributed by atoms with E-state index in [1.807, 2.05) is 32.9 Å². The molecule has 5 heteroatoms. The molecule has 0 spiro atoms. The van der Waals surface area contributed by atoms with E-state index < -0.39 is 0 Å². The predicted octanol–water partition coefficient (Wildman–Crippen LogP) is 1.30. The van der Waals surface area contributed by atoms with Crippen LogP contribution in [0.15, 0.2) is 28.4 Å². The number of rotatable bonds is 2. The molecular weight excluding hydrogens is 216 g/mol. The second-order valence-corrected chi connectivity index (χ2v) is 4.80. The van der Waals surface area contributed by atoms with Gasteiger partial charge in [0.1, 0.15) is 5.75 Å². The lowest BCUT2D eigenvalue weighted by Gasteiger charge is -2.20. The molecule has 0 heterocycles. The topological polar surface area (TPSA) is 97.0 Å². The van der Waals surface area contributed by atoms with Crippen molar-refractivity contribution in [3.05, 3.63) is 29.3 Å². The van der Waals surface area contributed by atoms with Crippen LogP contribution in [-0.4, -0.2) is 17.3 Å². The van der Waals surface area contributed by atoms with Crippen LogP contribution in [0.5, 0.6) is 5.75 Å². The summed E-state index contributed by atoms with van der Waals surface area (Å²) >= 11 is 0. The Kier molecular flexibility index (Phi) is 3.73. The lowest BCUT2D eigenvalue weighted by molar-refractivity contribution is 0.446. The Labute approximate surface area is 101 Å². The van der Waals surface area contributed by atoms with E-state index in [0.29, 0.717) is 0 Å². The van der Waals surface area contributed by atoms with Crippen LogP contribution >= 0.6 is 0 Å². The predicted molar refractivity (Wildman–Crippen MR) is 70.2 cm³/mol. The van der Waals surface area contributed by atoms with Gasteiger partial charge in [-0.15, -0.1) is 5.10 Å². The van der Waals surface area contributed by atoms with Crippen LogP contribution in [0.3, 0.4) is 0 Å². The minimum Gasteiger partial charge on any atom is -0.508 e. The van der Waals surface area contributed by atoms with Crippen molar-refractivity contribution < 1.29 is 5.11 Å². The minimum absolute atomic E-state index is 0.0976. The average molecular weight is 234 g/mol. The first kappa shape index (κ1) is 13.0. The SMILES string of the molecule is CC(C)(C)c1ccc(C=NN=C(N)N)cc1O. The van der Waals surface area contributed by atoms with Gasteiger partial charge in [-0.3, -0.25) is 0 Å². The van der Waals surface area contributed by atoms with Crippen LogP contribution < -0.4 is 11.5 Å². The van der Waals surface area contributed by atoms with Gasteiger partial charge in [-0.25, -0.2) is 0 Å². The van der Waals surface area contributed by atoms with E-state index in [2.05, 4.69) is 10.2 Å². The third-order valence-corrected chi connectivity index (χ3v) is 2.21. The zero-order valence-corrected chi connectivity index (χ0v) is 10.3. The summed E-state index contributed by atoms with van der Waals surface area (Å²) in [5.74, 6) is 0.142. The molecule has 1 aromatic carbocycles. The molecule has 0 aliphatic heterocycles. The fourth-order valence-corrected chi connectivity index (χ4v) is 1.43. The Balaban J connectivity index is 2.98. The van der Waals surface area contributed by atoms with Crippen molar-refractivity contribution in [2.75, 3.05) is 0 Å². The molecule has 0 radical (unpaired) electrons. The standard InChI is InChI=1S/C12H18N4O/c1-12(2,3)9-5-4-8(6-10(9)17)7-15-16-11(13)14/h4-7,17H,1-3H3,(H4,13,14,16). The highest BCUT2D eigenvalue weighted by atomic mass is 16.3. The fraction of sp³-hybridized carbons (Fsp3) is 0.333. The average Bonchev–Trinajstić information content (AvgIpc) is 2.14. The first-order chi connectivity index (χ1) is 7.80. The Bertz CT molecular complexity index is 454. The Hall–Kier alpha value is -2.04. The number of hydrogen-bond donors (Lipinski definition) is 3. The number of hydrogen-bond acceptors (Lipinski definition) is 3. The summed E-state index contributed by atoms with van der Waals surface area (Å²) in [5.41, 5.74) is 11.8. The molecule has 5 N–H and O–H groups in total. The number of benzene rings is 1. The van der Waals surface area contributed by atoms with E-state index in [9.17, 15) is 5.11 Å². The Morgan fingerprint density at radius 3 is 2.41 bits per heavy atom. The van der Waals surface area contributed by atoms with Gasteiger partial charge in [-0.2, -0.15) is 5.10 Å². The number of phenols is 1. The molecule has 0 amide bonds.